The number of rotatable bonds is 6. The second-order valence-corrected chi connectivity index (χ2v) is 3.81. The van der Waals surface area contributed by atoms with Crippen molar-refractivity contribution in [3.8, 4) is 0 Å². The van der Waals surface area contributed by atoms with Crippen molar-refractivity contribution < 1.29 is 9.47 Å². The average Bonchev–Trinajstić information content (AvgIpc) is 2.18. The maximum absolute atomic E-state index is 5.87. The van der Waals surface area contributed by atoms with Gasteiger partial charge in [-0.1, -0.05) is 0 Å². The molecule has 0 aromatic heterocycles. The number of hydrogen-bond donors (Lipinski definition) is 1. The van der Waals surface area contributed by atoms with Gasteiger partial charge in [-0.25, -0.2) is 0 Å². The molecule has 15 heavy (non-hydrogen) atoms. The van der Waals surface area contributed by atoms with Gasteiger partial charge in [-0.15, -0.1) is 12.4 Å². The Morgan fingerprint density at radius 3 is 2.80 bits per heavy atom. The predicted octanol–water partition coefficient (Wildman–Crippen LogP) is 0.494. The van der Waals surface area contributed by atoms with Crippen LogP contribution in [0.1, 0.15) is 12.8 Å². The van der Waals surface area contributed by atoms with Crippen molar-refractivity contribution in [1.29, 1.82) is 0 Å². The van der Waals surface area contributed by atoms with E-state index < -0.39 is 0 Å². The van der Waals surface area contributed by atoms with Gasteiger partial charge in [0.05, 0.1) is 19.8 Å². The van der Waals surface area contributed by atoms with Gasteiger partial charge in [0.1, 0.15) is 0 Å². The zero-order valence-corrected chi connectivity index (χ0v) is 10.3. The van der Waals surface area contributed by atoms with Crippen LogP contribution in [0.2, 0.25) is 0 Å². The highest BCUT2D eigenvalue weighted by molar-refractivity contribution is 5.85. The van der Waals surface area contributed by atoms with Crippen molar-refractivity contribution >= 4 is 12.4 Å². The van der Waals surface area contributed by atoms with E-state index in [-0.39, 0.29) is 12.4 Å². The first-order valence-electron chi connectivity index (χ1n) is 5.37. The van der Waals surface area contributed by atoms with Crippen molar-refractivity contribution in [3.63, 3.8) is 0 Å². The number of hydrogen-bond acceptors (Lipinski definition) is 4. The summed E-state index contributed by atoms with van der Waals surface area (Å²) in [6.07, 6.45) is 2.39. The third-order valence-electron chi connectivity index (χ3n) is 2.53. The van der Waals surface area contributed by atoms with Crippen LogP contribution in [0.5, 0.6) is 0 Å². The van der Waals surface area contributed by atoms with E-state index in [4.69, 9.17) is 15.2 Å². The van der Waals surface area contributed by atoms with Crippen LogP contribution in [0.4, 0.5) is 0 Å². The highest BCUT2D eigenvalue weighted by Crippen LogP contribution is 2.07. The maximum Gasteiger partial charge on any atom is 0.0700 e. The fraction of sp³-hybridized carbons (Fsp3) is 1.00. The third kappa shape index (κ3) is 7.09. The van der Waals surface area contributed by atoms with E-state index >= 15 is 0 Å². The molecular formula is C10H23ClN2O2. The van der Waals surface area contributed by atoms with Crippen LogP contribution in [-0.4, -0.2) is 57.5 Å². The van der Waals surface area contributed by atoms with Gasteiger partial charge >= 0.3 is 0 Å². The summed E-state index contributed by atoms with van der Waals surface area (Å²) in [5, 5.41) is 0. The maximum atomic E-state index is 5.87. The normalized spacial score (nSPS) is 22.4. The lowest BCUT2D eigenvalue weighted by Crippen LogP contribution is -2.44. The molecule has 0 aliphatic carbocycles. The molecule has 5 heteroatoms. The highest BCUT2D eigenvalue weighted by Gasteiger charge is 2.15. The molecule has 1 aliphatic rings. The van der Waals surface area contributed by atoms with Crippen molar-refractivity contribution in [2.24, 2.45) is 5.73 Å². The molecule has 0 bridgehead atoms. The Labute approximate surface area is 98.5 Å². The van der Waals surface area contributed by atoms with Crippen molar-refractivity contribution in [2.45, 2.75) is 18.9 Å². The van der Waals surface area contributed by atoms with Crippen LogP contribution in [0.15, 0.2) is 0 Å². The molecule has 0 radical (unpaired) electrons. The molecule has 1 atom stereocenters. The lowest BCUT2D eigenvalue weighted by molar-refractivity contribution is 0.0528. The summed E-state index contributed by atoms with van der Waals surface area (Å²) < 4.78 is 10.3. The Bertz CT molecular complexity index is 149. The Kier molecular flexibility index (Phi) is 9.44. The van der Waals surface area contributed by atoms with Crippen molar-refractivity contribution in [1.82, 2.24) is 4.90 Å². The second-order valence-electron chi connectivity index (χ2n) is 3.81. The van der Waals surface area contributed by atoms with Crippen LogP contribution in [-0.2, 0) is 9.47 Å². The van der Waals surface area contributed by atoms with Gasteiger partial charge in [0.15, 0.2) is 0 Å². The molecule has 0 amide bonds. The van der Waals surface area contributed by atoms with Crippen molar-refractivity contribution in [3.05, 3.63) is 0 Å². The molecule has 1 fully saturated rings. The van der Waals surface area contributed by atoms with E-state index in [0.29, 0.717) is 19.3 Å². The molecule has 1 rings (SSSR count). The van der Waals surface area contributed by atoms with E-state index in [2.05, 4.69) is 4.90 Å². The lowest BCUT2D eigenvalue weighted by atomic mass is 10.1. The lowest BCUT2D eigenvalue weighted by Gasteiger charge is -2.30. The summed E-state index contributed by atoms with van der Waals surface area (Å²) in [5.41, 5.74) is 5.87. The quantitative estimate of drug-likeness (QED) is 0.685. The first kappa shape index (κ1) is 15.1. The molecule has 1 aliphatic heterocycles. The fourth-order valence-electron chi connectivity index (χ4n) is 1.73. The first-order chi connectivity index (χ1) is 6.83. The molecule has 0 aromatic carbocycles. The number of ether oxygens (including phenoxy) is 2. The Hall–Kier alpha value is 0.130. The summed E-state index contributed by atoms with van der Waals surface area (Å²) >= 11 is 0. The van der Waals surface area contributed by atoms with Crippen LogP contribution < -0.4 is 5.73 Å². The molecule has 0 spiro atoms. The van der Waals surface area contributed by atoms with E-state index in [0.717, 1.165) is 19.7 Å². The number of likely N-dealkylation sites (tertiary alicyclic amines) is 1. The SMILES string of the molecule is COCCOCCN1CCC[C@@H](N)C1.Cl. The number of piperidine rings is 1. The van der Waals surface area contributed by atoms with Crippen molar-refractivity contribution in [2.75, 3.05) is 46.6 Å². The summed E-state index contributed by atoms with van der Waals surface area (Å²) in [6, 6.07) is 0.364. The minimum absolute atomic E-state index is 0. The zero-order chi connectivity index (χ0) is 10.2. The van der Waals surface area contributed by atoms with E-state index in [1.807, 2.05) is 0 Å². The van der Waals surface area contributed by atoms with Gasteiger partial charge in [0.25, 0.3) is 0 Å². The van der Waals surface area contributed by atoms with Crippen LogP contribution in [0, 0.1) is 0 Å². The van der Waals surface area contributed by atoms with E-state index in [9.17, 15) is 0 Å². The largest absolute Gasteiger partial charge is 0.382 e. The Morgan fingerprint density at radius 2 is 2.13 bits per heavy atom. The molecule has 4 nitrogen and oxygen atoms in total. The molecule has 0 saturated carbocycles. The van der Waals surface area contributed by atoms with Gasteiger partial charge in [-0.05, 0) is 19.4 Å². The fourth-order valence-corrected chi connectivity index (χ4v) is 1.73. The third-order valence-corrected chi connectivity index (χ3v) is 2.53. The monoisotopic (exact) mass is 238 g/mol. The minimum Gasteiger partial charge on any atom is -0.382 e. The standard InChI is InChI=1S/C10H22N2O2.ClH/c1-13-7-8-14-6-5-12-4-2-3-10(11)9-12;/h10H,2-9,11H2,1H3;1H/t10-;/m1./s1. The summed E-state index contributed by atoms with van der Waals surface area (Å²) in [6.45, 7) is 5.35. The molecule has 1 heterocycles. The Balaban J connectivity index is 0.00000196. The number of halogens is 1. The number of nitrogens with two attached hydrogens (primary N) is 1. The van der Waals surface area contributed by atoms with E-state index in [1.165, 1.54) is 19.4 Å². The molecule has 0 unspecified atom stereocenters. The van der Waals surface area contributed by atoms with Gasteiger partial charge in [0, 0.05) is 26.2 Å². The van der Waals surface area contributed by atoms with Gasteiger partial charge in [-0.2, -0.15) is 0 Å². The first-order valence-corrected chi connectivity index (χ1v) is 5.37. The smallest absolute Gasteiger partial charge is 0.0700 e. The minimum atomic E-state index is 0. The van der Waals surface area contributed by atoms with Gasteiger partial charge in [0.2, 0.25) is 0 Å². The average molecular weight is 239 g/mol. The van der Waals surface area contributed by atoms with Gasteiger partial charge < -0.3 is 15.2 Å². The second kappa shape index (κ2) is 9.36. The van der Waals surface area contributed by atoms with Gasteiger partial charge in [-0.3, -0.25) is 4.90 Å². The summed E-state index contributed by atoms with van der Waals surface area (Å²) in [5.74, 6) is 0. The van der Waals surface area contributed by atoms with Crippen LogP contribution in [0.25, 0.3) is 0 Å². The van der Waals surface area contributed by atoms with Crippen LogP contribution >= 0.6 is 12.4 Å². The zero-order valence-electron chi connectivity index (χ0n) is 9.48. The molecule has 1 saturated heterocycles. The Morgan fingerprint density at radius 1 is 1.33 bits per heavy atom. The number of nitrogens with zero attached hydrogens (tertiary/aromatic N) is 1. The van der Waals surface area contributed by atoms with Crippen LogP contribution in [0.3, 0.4) is 0 Å². The highest BCUT2D eigenvalue weighted by atomic mass is 35.5. The number of methoxy groups -OCH3 is 1. The molecular weight excluding hydrogens is 216 g/mol. The molecule has 92 valence electrons. The predicted molar refractivity (Wildman–Crippen MR) is 63.6 cm³/mol. The summed E-state index contributed by atoms with van der Waals surface area (Å²) in [7, 11) is 1.69. The van der Waals surface area contributed by atoms with E-state index in [1.54, 1.807) is 7.11 Å². The topological polar surface area (TPSA) is 47.7 Å². The summed E-state index contributed by atoms with van der Waals surface area (Å²) in [4.78, 5) is 2.38. The molecule has 0 aromatic rings. The molecule has 2 N–H and O–H groups in total.